The third-order valence-corrected chi connectivity index (χ3v) is 7.91. The van der Waals surface area contributed by atoms with Gasteiger partial charge >= 0.3 is 0 Å². The van der Waals surface area contributed by atoms with Crippen molar-refractivity contribution in [3.63, 3.8) is 0 Å². The lowest BCUT2D eigenvalue weighted by molar-refractivity contribution is -0.196. The highest BCUT2D eigenvalue weighted by molar-refractivity contribution is 9.10. The van der Waals surface area contributed by atoms with Crippen LogP contribution in [-0.2, 0) is 16.1 Å². The van der Waals surface area contributed by atoms with E-state index in [1.807, 2.05) is 0 Å². The van der Waals surface area contributed by atoms with E-state index in [1.165, 1.54) is 12.4 Å². The summed E-state index contributed by atoms with van der Waals surface area (Å²) in [5.41, 5.74) is -1.19. The fourth-order valence-corrected chi connectivity index (χ4v) is 6.05. The fourth-order valence-electron chi connectivity index (χ4n) is 4.38. The minimum Gasteiger partial charge on any atom is -0.503 e. The molecule has 0 saturated carbocycles. The van der Waals surface area contributed by atoms with E-state index in [4.69, 9.17) is 9.47 Å². The highest BCUT2D eigenvalue weighted by Gasteiger charge is 2.48. The summed E-state index contributed by atoms with van der Waals surface area (Å²) in [5.74, 6) is -8.13. The SMILES string of the molecule is OCC1O[C@H](Sc2cncc(Br)c2)C(OCc2cc(F)c(O)c(F)c2)[C@@H](n2cc(-c3cc(F)c(F)c(F)c3)nn2)[C@H]1O. The summed E-state index contributed by atoms with van der Waals surface area (Å²) < 4.78 is 83.0. The van der Waals surface area contributed by atoms with Gasteiger partial charge in [-0.25, -0.2) is 26.6 Å². The lowest BCUT2D eigenvalue weighted by Crippen LogP contribution is -2.55. The number of nitrogens with zero attached hydrogens (tertiary/aromatic N) is 4. The molecule has 1 fully saturated rings. The number of thioether (sulfide) groups is 1. The van der Waals surface area contributed by atoms with Gasteiger partial charge in [0.2, 0.25) is 0 Å². The van der Waals surface area contributed by atoms with Crippen LogP contribution >= 0.6 is 27.7 Å². The molecule has 2 aromatic heterocycles. The summed E-state index contributed by atoms with van der Waals surface area (Å²) in [6.45, 7) is -1.04. The van der Waals surface area contributed by atoms with Gasteiger partial charge in [0.25, 0.3) is 0 Å². The third-order valence-electron chi connectivity index (χ3n) is 6.37. The third kappa shape index (κ3) is 6.28. The maximum Gasteiger partial charge on any atom is 0.194 e. The van der Waals surface area contributed by atoms with Crippen molar-refractivity contribution in [2.24, 2.45) is 0 Å². The van der Waals surface area contributed by atoms with Gasteiger partial charge in [0.05, 0.1) is 19.4 Å². The van der Waals surface area contributed by atoms with Gasteiger partial charge in [-0.05, 0) is 51.8 Å². The Morgan fingerprint density at radius 1 is 1.00 bits per heavy atom. The van der Waals surface area contributed by atoms with E-state index in [0.717, 1.165) is 40.7 Å². The molecular weight excluding hydrogens is 655 g/mol. The van der Waals surface area contributed by atoms with Crippen LogP contribution in [0.25, 0.3) is 11.3 Å². The highest BCUT2D eigenvalue weighted by atomic mass is 79.9. The van der Waals surface area contributed by atoms with Crippen LogP contribution in [-0.4, -0.2) is 65.7 Å². The van der Waals surface area contributed by atoms with E-state index in [0.29, 0.717) is 9.37 Å². The molecule has 9 nitrogen and oxygen atoms in total. The molecule has 0 amide bonds. The molecule has 5 rings (SSSR count). The number of halogens is 6. The number of phenols is 1. The van der Waals surface area contributed by atoms with E-state index in [2.05, 4.69) is 31.2 Å². The van der Waals surface area contributed by atoms with Crippen molar-refractivity contribution in [2.75, 3.05) is 6.61 Å². The lowest BCUT2D eigenvalue weighted by Gasteiger charge is -2.43. The molecule has 4 aromatic rings. The van der Waals surface area contributed by atoms with Crippen molar-refractivity contribution in [1.29, 1.82) is 0 Å². The predicted molar refractivity (Wildman–Crippen MR) is 141 cm³/mol. The number of hydrogen-bond donors (Lipinski definition) is 3. The Bertz CT molecular complexity index is 1550. The molecule has 42 heavy (non-hydrogen) atoms. The Morgan fingerprint density at radius 2 is 1.69 bits per heavy atom. The van der Waals surface area contributed by atoms with Crippen molar-refractivity contribution >= 4 is 27.7 Å². The maximum absolute atomic E-state index is 14.0. The zero-order chi connectivity index (χ0) is 30.1. The van der Waals surface area contributed by atoms with E-state index in [9.17, 15) is 37.3 Å². The number of ether oxygens (including phenoxy) is 2. The average molecular weight is 675 g/mol. The molecule has 1 aliphatic heterocycles. The first-order valence-electron chi connectivity index (χ1n) is 12.1. The molecule has 2 aromatic carbocycles. The first kappa shape index (κ1) is 30.3. The Labute approximate surface area is 247 Å². The van der Waals surface area contributed by atoms with Crippen molar-refractivity contribution in [2.45, 2.75) is 41.3 Å². The molecule has 1 saturated heterocycles. The second-order valence-corrected chi connectivity index (χ2v) is 11.3. The smallest absolute Gasteiger partial charge is 0.194 e. The molecule has 0 aliphatic carbocycles. The largest absolute Gasteiger partial charge is 0.503 e. The second kappa shape index (κ2) is 12.6. The number of pyridine rings is 1. The summed E-state index contributed by atoms with van der Waals surface area (Å²) in [4.78, 5) is 4.69. The monoisotopic (exact) mass is 674 g/mol. The van der Waals surface area contributed by atoms with Crippen molar-refractivity contribution < 1.29 is 46.7 Å². The summed E-state index contributed by atoms with van der Waals surface area (Å²) in [7, 11) is 0. The standard InChI is InChI=1S/C26H20BrF5N4O5S/c27-13-5-14(7-33-6-13)42-26-25(40-10-11-1-17(30)23(38)18(31)2-11)22(24(39)20(9-37)41-26)36-8-19(34-35-36)12-3-15(28)21(32)16(29)4-12/h1-8,20,22,24-26,37-39H,9-10H2/t20?,22-,24-,25?,26+/m0/s1. The van der Waals surface area contributed by atoms with Crippen LogP contribution in [0, 0.1) is 29.1 Å². The van der Waals surface area contributed by atoms with Gasteiger partial charge in [0, 0.05) is 27.3 Å². The minimum absolute atomic E-state index is 0.00438. The summed E-state index contributed by atoms with van der Waals surface area (Å²) >= 11 is 4.43. The zero-order valence-electron chi connectivity index (χ0n) is 21.0. The number of aliphatic hydroxyl groups excluding tert-OH is 2. The predicted octanol–water partition coefficient (Wildman–Crippen LogP) is 4.50. The topological polar surface area (TPSA) is 123 Å². The number of phenolic OH excluding ortho intramolecular Hbond substituents is 1. The van der Waals surface area contributed by atoms with Crippen LogP contribution in [0.3, 0.4) is 0 Å². The highest BCUT2D eigenvalue weighted by Crippen LogP contribution is 2.41. The van der Waals surface area contributed by atoms with Gasteiger partial charge in [0.15, 0.2) is 34.8 Å². The van der Waals surface area contributed by atoms with E-state index in [1.54, 1.807) is 12.3 Å². The Hall–Kier alpha value is -3.15. The van der Waals surface area contributed by atoms with E-state index in [-0.39, 0.29) is 16.8 Å². The molecule has 16 heteroatoms. The number of aromatic nitrogens is 4. The molecule has 3 N–H and O–H groups in total. The lowest BCUT2D eigenvalue weighted by atomic mass is 9.97. The fraction of sp³-hybridized carbons (Fsp3) is 0.269. The minimum atomic E-state index is -1.66. The summed E-state index contributed by atoms with van der Waals surface area (Å²) in [5, 5.41) is 38.5. The normalized spacial score (nSPS) is 22.4. The van der Waals surface area contributed by atoms with E-state index >= 15 is 0 Å². The summed E-state index contributed by atoms with van der Waals surface area (Å²) in [6.07, 6.45) is 0.516. The molecular formula is C26H20BrF5N4O5S. The van der Waals surface area contributed by atoms with Crippen molar-refractivity contribution in [1.82, 2.24) is 20.0 Å². The quantitative estimate of drug-likeness (QED) is 0.183. The van der Waals surface area contributed by atoms with Crippen LogP contribution in [0.15, 0.2) is 58.3 Å². The van der Waals surface area contributed by atoms with Crippen LogP contribution in [0.5, 0.6) is 5.75 Å². The van der Waals surface area contributed by atoms with Crippen molar-refractivity contribution in [3.05, 3.63) is 88.0 Å². The van der Waals surface area contributed by atoms with Gasteiger partial charge < -0.3 is 24.8 Å². The van der Waals surface area contributed by atoms with Gasteiger partial charge in [-0.2, -0.15) is 0 Å². The van der Waals surface area contributed by atoms with Gasteiger partial charge in [-0.3, -0.25) is 4.98 Å². The second-order valence-electron chi connectivity index (χ2n) is 9.18. The van der Waals surface area contributed by atoms with Gasteiger partial charge in [-0.15, -0.1) is 5.10 Å². The Morgan fingerprint density at radius 3 is 2.33 bits per heavy atom. The summed E-state index contributed by atoms with van der Waals surface area (Å²) in [6, 6.07) is 3.75. The molecule has 0 radical (unpaired) electrons. The first-order valence-corrected chi connectivity index (χ1v) is 13.8. The van der Waals surface area contributed by atoms with Gasteiger partial charge in [-0.1, -0.05) is 17.0 Å². The molecule has 3 heterocycles. The van der Waals surface area contributed by atoms with Gasteiger partial charge in [0.1, 0.15) is 35.5 Å². The Balaban J connectivity index is 1.53. The molecule has 1 aliphatic rings. The number of aliphatic hydroxyl groups is 2. The zero-order valence-corrected chi connectivity index (χ0v) is 23.4. The van der Waals surface area contributed by atoms with Crippen LogP contribution < -0.4 is 0 Å². The maximum atomic E-state index is 14.0. The number of aromatic hydroxyl groups is 1. The molecule has 2 unspecified atom stereocenters. The van der Waals surface area contributed by atoms with Crippen LogP contribution in [0.4, 0.5) is 22.0 Å². The van der Waals surface area contributed by atoms with Crippen LogP contribution in [0.1, 0.15) is 11.6 Å². The Kier molecular flexibility index (Phi) is 9.10. The van der Waals surface area contributed by atoms with Crippen molar-refractivity contribution in [3.8, 4) is 17.0 Å². The first-order chi connectivity index (χ1) is 20.0. The molecule has 0 spiro atoms. The average Bonchev–Trinajstić information content (AvgIpc) is 3.44. The molecule has 5 atom stereocenters. The number of rotatable bonds is 8. The number of hydrogen-bond acceptors (Lipinski definition) is 9. The molecule has 0 bridgehead atoms. The van der Waals surface area contributed by atoms with E-state index < -0.39 is 77.8 Å². The van der Waals surface area contributed by atoms with Crippen LogP contribution in [0.2, 0.25) is 0 Å². The number of benzene rings is 2. The molecule has 222 valence electrons.